The molecule has 11 rings (SSSR count). The molecule has 0 N–H and O–H groups in total. The zero-order chi connectivity index (χ0) is 35.6. The van der Waals surface area contributed by atoms with Gasteiger partial charge in [-0.05, 0) is 41.5 Å². The number of pyridine rings is 1. The summed E-state index contributed by atoms with van der Waals surface area (Å²) in [7, 11) is 0. The molecule has 0 atom stereocenters. The second-order valence-corrected chi connectivity index (χ2v) is 14.4. The molecular weight excluding hydrogens is 681 g/mol. The van der Waals surface area contributed by atoms with E-state index in [-0.39, 0.29) is 0 Å². The molecule has 7 aromatic carbocycles. The van der Waals surface area contributed by atoms with Crippen LogP contribution in [-0.4, -0.2) is 19.9 Å². The van der Waals surface area contributed by atoms with Crippen molar-refractivity contribution >= 4 is 64.4 Å². The van der Waals surface area contributed by atoms with E-state index in [0.717, 1.165) is 71.9 Å². The van der Waals surface area contributed by atoms with Gasteiger partial charge >= 0.3 is 0 Å². The number of furan rings is 1. The van der Waals surface area contributed by atoms with Crippen LogP contribution in [0.1, 0.15) is 0 Å². The van der Waals surface area contributed by atoms with E-state index in [0.29, 0.717) is 17.5 Å². The van der Waals surface area contributed by atoms with Crippen LogP contribution in [0.15, 0.2) is 174 Å². The number of aromatic nitrogens is 4. The van der Waals surface area contributed by atoms with Gasteiger partial charge in [0.05, 0.1) is 5.52 Å². The lowest BCUT2D eigenvalue weighted by molar-refractivity contribution is 0.669. The predicted octanol–water partition coefficient (Wildman–Crippen LogP) is 13.0. The van der Waals surface area contributed by atoms with E-state index in [1.165, 1.54) is 20.2 Å². The maximum absolute atomic E-state index is 6.50. The monoisotopic (exact) mass is 708 g/mol. The van der Waals surface area contributed by atoms with Crippen molar-refractivity contribution in [3.8, 4) is 56.5 Å². The second kappa shape index (κ2) is 12.3. The predicted molar refractivity (Wildman–Crippen MR) is 222 cm³/mol. The lowest BCUT2D eigenvalue weighted by Gasteiger charge is -2.10. The average Bonchev–Trinajstić information content (AvgIpc) is 3.83. The van der Waals surface area contributed by atoms with E-state index < -0.39 is 0 Å². The summed E-state index contributed by atoms with van der Waals surface area (Å²) < 4.78 is 8.92. The maximum Gasteiger partial charge on any atom is 0.165 e. The Labute approximate surface area is 313 Å². The number of para-hydroxylation sites is 2. The second-order valence-electron chi connectivity index (χ2n) is 13.4. The number of thiophene rings is 1. The topological polar surface area (TPSA) is 64.7 Å². The van der Waals surface area contributed by atoms with Crippen LogP contribution in [0.25, 0.3) is 110 Å². The van der Waals surface area contributed by atoms with Crippen molar-refractivity contribution in [2.24, 2.45) is 0 Å². The Hall–Kier alpha value is -7.02. The Kier molecular flexibility index (Phi) is 6.97. The number of rotatable bonds is 5. The summed E-state index contributed by atoms with van der Waals surface area (Å²) >= 11 is 1.78. The maximum atomic E-state index is 6.50. The van der Waals surface area contributed by atoms with Crippen LogP contribution in [0.2, 0.25) is 0 Å². The number of fused-ring (bicyclic) bond motifs is 8. The first-order valence-corrected chi connectivity index (χ1v) is 18.7. The Morgan fingerprint density at radius 3 is 1.87 bits per heavy atom. The number of nitrogens with zero attached hydrogens (tertiary/aromatic N) is 4. The highest BCUT2D eigenvalue weighted by atomic mass is 32.1. The van der Waals surface area contributed by atoms with Gasteiger partial charge in [0.15, 0.2) is 23.1 Å². The SMILES string of the molecule is c1ccc(-c2nc(-c3ccc(-c4cccc(-c5nc6ccccc6c6c5oc5ccccc56)c4)cc3)nc(-c3cccc4c3sc3ccccc34)n2)cc1. The van der Waals surface area contributed by atoms with Crippen molar-refractivity contribution in [3.05, 3.63) is 170 Å². The number of hydrogen-bond acceptors (Lipinski definition) is 6. The fourth-order valence-electron chi connectivity index (χ4n) is 7.55. The van der Waals surface area contributed by atoms with E-state index >= 15 is 0 Å². The van der Waals surface area contributed by atoms with Gasteiger partial charge in [0, 0.05) is 58.6 Å². The van der Waals surface area contributed by atoms with Crippen LogP contribution in [0.5, 0.6) is 0 Å². The molecule has 0 bridgehead atoms. The summed E-state index contributed by atoms with van der Waals surface area (Å²) in [5.74, 6) is 1.93. The van der Waals surface area contributed by atoms with Crippen molar-refractivity contribution in [2.75, 3.05) is 0 Å². The molecule has 4 aromatic heterocycles. The number of hydrogen-bond donors (Lipinski definition) is 0. The van der Waals surface area contributed by atoms with Crippen LogP contribution < -0.4 is 0 Å². The first kappa shape index (κ1) is 30.6. The van der Waals surface area contributed by atoms with E-state index in [1.807, 2.05) is 48.5 Å². The van der Waals surface area contributed by atoms with Crippen molar-refractivity contribution in [2.45, 2.75) is 0 Å². The molecule has 0 saturated carbocycles. The molecule has 0 radical (unpaired) electrons. The van der Waals surface area contributed by atoms with Crippen molar-refractivity contribution < 1.29 is 4.42 Å². The Morgan fingerprint density at radius 2 is 1.02 bits per heavy atom. The molecule has 0 spiro atoms. The molecular formula is C48H28N4OS. The summed E-state index contributed by atoms with van der Waals surface area (Å²) in [6.07, 6.45) is 0. The van der Waals surface area contributed by atoms with Gasteiger partial charge in [0.2, 0.25) is 0 Å². The third-order valence-corrected chi connectivity index (χ3v) is 11.4. The summed E-state index contributed by atoms with van der Waals surface area (Å²) in [6, 6.07) is 58.5. The quantitative estimate of drug-likeness (QED) is 0.178. The van der Waals surface area contributed by atoms with Crippen LogP contribution in [0.3, 0.4) is 0 Å². The molecule has 0 saturated heterocycles. The van der Waals surface area contributed by atoms with Gasteiger partial charge in [-0.15, -0.1) is 11.3 Å². The van der Waals surface area contributed by atoms with Gasteiger partial charge in [-0.3, -0.25) is 0 Å². The minimum atomic E-state index is 0.630. The van der Waals surface area contributed by atoms with Gasteiger partial charge in [-0.25, -0.2) is 19.9 Å². The first-order valence-electron chi connectivity index (χ1n) is 17.9. The largest absolute Gasteiger partial charge is 0.454 e. The van der Waals surface area contributed by atoms with E-state index in [4.69, 9.17) is 24.4 Å². The molecule has 11 aromatic rings. The van der Waals surface area contributed by atoms with Gasteiger partial charge in [-0.2, -0.15) is 0 Å². The van der Waals surface area contributed by atoms with Crippen LogP contribution in [0, 0.1) is 0 Å². The molecule has 0 aliphatic rings. The van der Waals surface area contributed by atoms with E-state index in [9.17, 15) is 0 Å². The molecule has 0 amide bonds. The molecule has 0 fully saturated rings. The molecule has 4 heterocycles. The molecule has 252 valence electrons. The Morgan fingerprint density at radius 1 is 0.407 bits per heavy atom. The highest BCUT2D eigenvalue weighted by Gasteiger charge is 2.19. The average molecular weight is 709 g/mol. The van der Waals surface area contributed by atoms with Crippen molar-refractivity contribution in [1.29, 1.82) is 0 Å². The Balaban J connectivity index is 1.01. The molecule has 0 aliphatic heterocycles. The molecule has 5 nitrogen and oxygen atoms in total. The normalized spacial score (nSPS) is 11.7. The Bertz CT molecular complexity index is 3220. The third-order valence-electron chi connectivity index (χ3n) is 10.1. The zero-order valence-corrected chi connectivity index (χ0v) is 29.6. The van der Waals surface area contributed by atoms with Gasteiger partial charge in [-0.1, -0.05) is 140 Å². The molecule has 54 heavy (non-hydrogen) atoms. The fraction of sp³-hybridized carbons (Fsp3) is 0. The smallest absolute Gasteiger partial charge is 0.165 e. The van der Waals surface area contributed by atoms with Crippen LogP contribution >= 0.6 is 11.3 Å². The van der Waals surface area contributed by atoms with Gasteiger partial charge < -0.3 is 4.42 Å². The lowest BCUT2D eigenvalue weighted by Crippen LogP contribution is -2.00. The molecule has 0 aliphatic carbocycles. The first-order chi connectivity index (χ1) is 26.7. The van der Waals surface area contributed by atoms with E-state index in [1.54, 1.807) is 11.3 Å². The third kappa shape index (κ3) is 4.99. The summed E-state index contributed by atoms with van der Waals surface area (Å²) in [4.78, 5) is 20.3. The summed E-state index contributed by atoms with van der Waals surface area (Å²) in [6.45, 7) is 0. The van der Waals surface area contributed by atoms with E-state index in [2.05, 4.69) is 121 Å². The summed E-state index contributed by atoms with van der Waals surface area (Å²) in [5, 5.41) is 5.73. The standard InChI is InChI=1S/C48H28N4OS/c1-2-12-30(13-3-1)46-50-47(52-48(51-46)38-20-11-19-35-34-16-6-9-23-41(34)54-45(35)38)31-26-24-29(25-27-31)32-14-10-15-33(28-32)43-44-42(36-17-4-7-21-39(36)49-43)37-18-5-8-22-40(37)53-44/h1-28H. The van der Waals surface area contributed by atoms with Gasteiger partial charge in [0.25, 0.3) is 0 Å². The van der Waals surface area contributed by atoms with Crippen molar-refractivity contribution in [1.82, 2.24) is 19.9 Å². The van der Waals surface area contributed by atoms with Crippen LogP contribution in [-0.2, 0) is 0 Å². The zero-order valence-electron chi connectivity index (χ0n) is 28.8. The van der Waals surface area contributed by atoms with Crippen molar-refractivity contribution in [3.63, 3.8) is 0 Å². The minimum Gasteiger partial charge on any atom is -0.454 e. The fourth-order valence-corrected chi connectivity index (χ4v) is 8.76. The highest BCUT2D eigenvalue weighted by Crippen LogP contribution is 2.41. The highest BCUT2D eigenvalue weighted by molar-refractivity contribution is 7.26. The molecule has 0 unspecified atom stereocenters. The molecule has 6 heteroatoms. The minimum absolute atomic E-state index is 0.630. The lowest BCUT2D eigenvalue weighted by atomic mass is 9.98. The van der Waals surface area contributed by atoms with Gasteiger partial charge in [0.1, 0.15) is 11.3 Å². The summed E-state index contributed by atoms with van der Waals surface area (Å²) in [5.41, 5.74) is 9.45. The van der Waals surface area contributed by atoms with Crippen LogP contribution in [0.4, 0.5) is 0 Å². The number of benzene rings is 7.